The SMILES string of the molecule is COc1ccc(N2C(=S)NC(c3ccccn3)C2c2ccc(Sc3ccc(Cl)cc3)o2)cc1NS(C)(=O)=O. The minimum atomic E-state index is -3.55. The standard InChI is InChI=1S/C26H23ClN4O4S3/c1-34-21-11-8-17(15-20(21)30-38(2,32)33)31-25(24(29-26(31)36)19-5-3-4-14-28-19)22-12-13-23(35-22)37-18-9-6-16(27)7-10-18/h3-15,24-25,30H,1-2H3,(H,29,36). The molecule has 38 heavy (non-hydrogen) atoms. The monoisotopic (exact) mass is 586 g/mol. The van der Waals surface area contributed by atoms with E-state index in [1.165, 1.54) is 18.9 Å². The van der Waals surface area contributed by atoms with Crippen LogP contribution in [0.15, 0.2) is 93.4 Å². The second-order valence-corrected chi connectivity index (χ2v) is 12.1. The molecule has 2 unspecified atom stereocenters. The average Bonchev–Trinajstić information content (AvgIpc) is 3.49. The van der Waals surface area contributed by atoms with Crippen LogP contribution in [0.4, 0.5) is 11.4 Å². The molecule has 2 aromatic heterocycles. The first-order valence-corrected chi connectivity index (χ1v) is 14.9. The van der Waals surface area contributed by atoms with E-state index in [1.54, 1.807) is 18.3 Å². The summed E-state index contributed by atoms with van der Waals surface area (Å²) in [7, 11) is -2.07. The van der Waals surface area contributed by atoms with Crippen molar-refractivity contribution in [3.8, 4) is 5.75 Å². The van der Waals surface area contributed by atoms with Crippen LogP contribution in [0.1, 0.15) is 23.5 Å². The zero-order valence-corrected chi connectivity index (χ0v) is 23.5. The third-order valence-corrected chi connectivity index (χ3v) is 7.87. The van der Waals surface area contributed by atoms with Gasteiger partial charge in [-0.15, -0.1) is 0 Å². The Labute approximate surface area is 235 Å². The number of aromatic nitrogens is 1. The molecule has 196 valence electrons. The minimum Gasteiger partial charge on any atom is -0.495 e. The van der Waals surface area contributed by atoms with Gasteiger partial charge in [0, 0.05) is 21.8 Å². The molecule has 1 saturated heterocycles. The number of methoxy groups -OCH3 is 1. The number of nitrogens with zero attached hydrogens (tertiary/aromatic N) is 2. The van der Waals surface area contributed by atoms with Crippen molar-refractivity contribution in [2.75, 3.05) is 23.0 Å². The highest BCUT2D eigenvalue weighted by Gasteiger charge is 2.42. The molecule has 3 heterocycles. The number of rotatable bonds is 8. The average molecular weight is 587 g/mol. The first-order valence-electron chi connectivity index (χ1n) is 11.4. The molecule has 0 bridgehead atoms. The maximum atomic E-state index is 12.0. The molecule has 0 amide bonds. The Balaban J connectivity index is 1.55. The van der Waals surface area contributed by atoms with E-state index in [-0.39, 0.29) is 6.04 Å². The largest absolute Gasteiger partial charge is 0.495 e. The van der Waals surface area contributed by atoms with Crippen LogP contribution >= 0.6 is 35.6 Å². The molecule has 0 spiro atoms. The third kappa shape index (κ3) is 5.75. The van der Waals surface area contributed by atoms with Crippen molar-refractivity contribution < 1.29 is 17.6 Å². The Kier molecular flexibility index (Phi) is 7.53. The highest BCUT2D eigenvalue weighted by atomic mass is 35.5. The molecule has 4 aromatic rings. The number of ether oxygens (including phenoxy) is 1. The van der Waals surface area contributed by atoms with Crippen molar-refractivity contribution >= 4 is 62.1 Å². The molecule has 1 aliphatic heterocycles. The lowest BCUT2D eigenvalue weighted by Gasteiger charge is -2.27. The fourth-order valence-electron chi connectivity index (χ4n) is 4.21. The summed E-state index contributed by atoms with van der Waals surface area (Å²) in [5.41, 5.74) is 1.74. The number of benzene rings is 2. The van der Waals surface area contributed by atoms with Crippen LogP contribution < -0.4 is 19.7 Å². The van der Waals surface area contributed by atoms with Gasteiger partial charge in [0.25, 0.3) is 0 Å². The molecule has 1 aliphatic rings. The van der Waals surface area contributed by atoms with Crippen LogP contribution in [-0.4, -0.2) is 31.9 Å². The Morgan fingerprint density at radius 2 is 1.92 bits per heavy atom. The molecule has 0 radical (unpaired) electrons. The van der Waals surface area contributed by atoms with Crippen LogP contribution in [0, 0.1) is 0 Å². The van der Waals surface area contributed by atoms with Crippen LogP contribution in [-0.2, 0) is 10.0 Å². The van der Waals surface area contributed by atoms with Gasteiger partial charge >= 0.3 is 0 Å². The van der Waals surface area contributed by atoms with Gasteiger partial charge in [0.05, 0.1) is 30.8 Å². The quantitative estimate of drug-likeness (QED) is 0.240. The summed E-state index contributed by atoms with van der Waals surface area (Å²) in [6.07, 6.45) is 2.81. The molecule has 1 fully saturated rings. The van der Waals surface area contributed by atoms with E-state index in [4.69, 9.17) is 33.0 Å². The number of halogens is 1. The number of furan rings is 1. The Morgan fingerprint density at radius 1 is 1.13 bits per heavy atom. The van der Waals surface area contributed by atoms with Crippen molar-refractivity contribution in [3.05, 3.63) is 95.5 Å². The smallest absolute Gasteiger partial charge is 0.229 e. The normalized spacial score (nSPS) is 17.3. The maximum absolute atomic E-state index is 12.0. The Morgan fingerprint density at radius 3 is 2.61 bits per heavy atom. The first-order chi connectivity index (χ1) is 18.2. The summed E-state index contributed by atoms with van der Waals surface area (Å²) in [6, 6.07) is 21.5. The van der Waals surface area contributed by atoms with Gasteiger partial charge in [0.1, 0.15) is 17.6 Å². The summed E-state index contributed by atoms with van der Waals surface area (Å²) in [5, 5.41) is 5.19. The van der Waals surface area contributed by atoms with E-state index in [0.717, 1.165) is 16.8 Å². The van der Waals surface area contributed by atoms with Gasteiger partial charge in [-0.3, -0.25) is 9.71 Å². The predicted octanol–water partition coefficient (Wildman–Crippen LogP) is 6.04. The van der Waals surface area contributed by atoms with E-state index in [2.05, 4.69) is 15.0 Å². The first kappa shape index (κ1) is 26.4. The zero-order valence-electron chi connectivity index (χ0n) is 20.3. The van der Waals surface area contributed by atoms with Gasteiger partial charge in [-0.1, -0.05) is 29.4 Å². The molecule has 12 heteroatoms. The van der Waals surface area contributed by atoms with E-state index >= 15 is 0 Å². The Hall–Kier alpha value is -3.25. The highest BCUT2D eigenvalue weighted by molar-refractivity contribution is 7.99. The van der Waals surface area contributed by atoms with E-state index in [1.807, 2.05) is 65.6 Å². The fraction of sp³-hybridized carbons (Fsp3) is 0.154. The van der Waals surface area contributed by atoms with Crippen LogP contribution in [0.25, 0.3) is 0 Å². The van der Waals surface area contributed by atoms with Crippen LogP contribution in [0.5, 0.6) is 5.75 Å². The predicted molar refractivity (Wildman–Crippen MR) is 154 cm³/mol. The molecule has 2 atom stereocenters. The van der Waals surface area contributed by atoms with Crippen LogP contribution in [0.3, 0.4) is 0 Å². The molecule has 0 aliphatic carbocycles. The van der Waals surface area contributed by atoms with E-state index in [0.29, 0.717) is 38.1 Å². The summed E-state index contributed by atoms with van der Waals surface area (Å²) >= 11 is 13.3. The molecule has 8 nitrogen and oxygen atoms in total. The second kappa shape index (κ2) is 10.9. The third-order valence-electron chi connectivity index (χ3n) is 5.78. The minimum absolute atomic E-state index is 0.300. The maximum Gasteiger partial charge on any atom is 0.229 e. The summed E-state index contributed by atoms with van der Waals surface area (Å²) < 4.78 is 38.2. The molecular formula is C26H23ClN4O4S3. The summed E-state index contributed by atoms with van der Waals surface area (Å²) in [4.78, 5) is 7.44. The van der Waals surface area contributed by atoms with Crippen molar-refractivity contribution in [1.82, 2.24) is 10.3 Å². The van der Waals surface area contributed by atoms with Gasteiger partial charge in [0.15, 0.2) is 10.2 Å². The van der Waals surface area contributed by atoms with Gasteiger partial charge < -0.3 is 19.4 Å². The highest BCUT2D eigenvalue weighted by Crippen LogP contribution is 2.44. The van der Waals surface area contributed by atoms with Crippen molar-refractivity contribution in [3.63, 3.8) is 0 Å². The van der Waals surface area contributed by atoms with Crippen LogP contribution in [0.2, 0.25) is 5.02 Å². The van der Waals surface area contributed by atoms with Gasteiger partial charge in [-0.2, -0.15) is 0 Å². The van der Waals surface area contributed by atoms with Gasteiger partial charge in [-0.05, 0) is 78.9 Å². The van der Waals surface area contributed by atoms with E-state index < -0.39 is 16.1 Å². The molecular weight excluding hydrogens is 564 g/mol. The number of hydrogen-bond donors (Lipinski definition) is 2. The zero-order chi connectivity index (χ0) is 26.9. The number of anilines is 2. The Bertz CT molecular complexity index is 1560. The number of thiocarbonyl (C=S) groups is 1. The molecule has 5 rings (SSSR count). The fourth-order valence-corrected chi connectivity index (χ4v) is 6.02. The number of pyridine rings is 1. The topological polar surface area (TPSA) is 96.7 Å². The number of sulfonamides is 1. The second-order valence-electron chi connectivity index (χ2n) is 8.47. The lowest BCUT2D eigenvalue weighted by molar-refractivity contribution is 0.383. The van der Waals surface area contributed by atoms with E-state index in [9.17, 15) is 8.42 Å². The molecule has 2 N–H and O–H groups in total. The number of nitrogens with one attached hydrogen (secondary N) is 2. The lowest BCUT2D eigenvalue weighted by Crippen LogP contribution is -2.29. The van der Waals surface area contributed by atoms with Crippen molar-refractivity contribution in [1.29, 1.82) is 0 Å². The van der Waals surface area contributed by atoms with Crippen molar-refractivity contribution in [2.45, 2.75) is 22.1 Å². The lowest BCUT2D eigenvalue weighted by atomic mass is 10.0. The molecule has 2 aromatic carbocycles. The summed E-state index contributed by atoms with van der Waals surface area (Å²) in [6.45, 7) is 0. The van der Waals surface area contributed by atoms with Gasteiger partial charge in [0.2, 0.25) is 10.0 Å². The number of hydrogen-bond acceptors (Lipinski definition) is 7. The summed E-state index contributed by atoms with van der Waals surface area (Å²) in [5.74, 6) is 1.05. The van der Waals surface area contributed by atoms with Crippen molar-refractivity contribution in [2.24, 2.45) is 0 Å². The molecule has 0 saturated carbocycles. The van der Waals surface area contributed by atoms with Gasteiger partial charge in [-0.25, -0.2) is 8.42 Å².